The van der Waals surface area contributed by atoms with Crippen LogP contribution in [0.5, 0.6) is 0 Å². The molecule has 0 N–H and O–H groups in total. The molecule has 0 aliphatic carbocycles. The van der Waals surface area contributed by atoms with E-state index in [9.17, 15) is 4.79 Å². The van der Waals surface area contributed by atoms with E-state index in [1.807, 2.05) is 0 Å². The molecule has 0 fully saturated rings. The van der Waals surface area contributed by atoms with E-state index < -0.39 is 0 Å². The van der Waals surface area contributed by atoms with Crippen molar-refractivity contribution in [2.75, 3.05) is 0 Å². The summed E-state index contributed by atoms with van der Waals surface area (Å²) in [4.78, 5) is 11.2. The third-order valence-corrected chi connectivity index (χ3v) is 2.45. The first-order chi connectivity index (χ1) is 5.59. The molecule has 72 valence electrons. The van der Waals surface area contributed by atoms with Crippen LogP contribution in [-0.2, 0) is 4.79 Å². The quantitative estimate of drug-likeness (QED) is 0.558. The van der Waals surface area contributed by atoms with Crippen LogP contribution < -0.4 is 0 Å². The molecule has 0 saturated carbocycles. The largest absolute Gasteiger partial charge is 0.300 e. The summed E-state index contributed by atoms with van der Waals surface area (Å²) in [6.07, 6.45) is 4.79. The summed E-state index contributed by atoms with van der Waals surface area (Å²) in [5, 5.41) is 0. The molecule has 0 spiro atoms. The van der Waals surface area contributed by atoms with Crippen LogP contribution >= 0.6 is 0 Å². The van der Waals surface area contributed by atoms with E-state index in [2.05, 4.69) is 20.8 Å². The molecule has 0 aliphatic heterocycles. The van der Waals surface area contributed by atoms with Crippen LogP contribution in [0.15, 0.2) is 0 Å². The Kier molecular flexibility index (Phi) is 6.04. The van der Waals surface area contributed by atoms with Gasteiger partial charge in [0, 0.05) is 5.92 Å². The highest BCUT2D eigenvalue weighted by Gasteiger charge is 2.16. The molecule has 0 unspecified atom stereocenters. The number of hydrogen-bond donors (Lipinski definition) is 0. The Morgan fingerprint density at radius 3 is 2.17 bits per heavy atom. The summed E-state index contributed by atoms with van der Waals surface area (Å²) < 4.78 is 0. The summed E-state index contributed by atoms with van der Waals surface area (Å²) in [6, 6.07) is 0. The number of rotatable bonds is 6. The fraction of sp³-hybridized carbons (Fsp3) is 0.909. The minimum absolute atomic E-state index is 0.302. The molecular weight excluding hydrogens is 148 g/mol. The maximum absolute atomic E-state index is 11.2. The fourth-order valence-electron chi connectivity index (χ4n) is 1.62. The summed E-state index contributed by atoms with van der Waals surface area (Å²) >= 11 is 0. The lowest BCUT2D eigenvalue weighted by atomic mass is 9.87. The van der Waals surface area contributed by atoms with E-state index in [1.54, 1.807) is 6.92 Å². The van der Waals surface area contributed by atoms with Crippen LogP contribution in [0.3, 0.4) is 0 Å². The van der Waals surface area contributed by atoms with Crippen molar-refractivity contribution < 1.29 is 4.79 Å². The second-order valence-corrected chi connectivity index (χ2v) is 3.96. The average Bonchev–Trinajstić information content (AvgIpc) is 1.96. The van der Waals surface area contributed by atoms with Gasteiger partial charge in [-0.15, -0.1) is 0 Å². The summed E-state index contributed by atoms with van der Waals surface area (Å²) in [6.45, 7) is 8.19. The normalized spacial score (nSPS) is 13.4. The lowest BCUT2D eigenvalue weighted by Crippen LogP contribution is -2.17. The fourth-order valence-corrected chi connectivity index (χ4v) is 1.62. The third kappa shape index (κ3) is 4.53. The van der Waals surface area contributed by atoms with E-state index in [0.717, 1.165) is 6.42 Å². The first-order valence-corrected chi connectivity index (χ1v) is 5.10. The van der Waals surface area contributed by atoms with Gasteiger partial charge in [-0.2, -0.15) is 0 Å². The van der Waals surface area contributed by atoms with Crippen LogP contribution in [-0.4, -0.2) is 5.78 Å². The molecule has 12 heavy (non-hydrogen) atoms. The van der Waals surface area contributed by atoms with Crippen molar-refractivity contribution in [2.24, 2.45) is 11.8 Å². The van der Waals surface area contributed by atoms with Gasteiger partial charge in [-0.05, 0) is 19.3 Å². The SMILES string of the molecule is CCCCC[C@@H](C(C)=O)C(C)C. The molecule has 0 rings (SSSR count). The first-order valence-electron chi connectivity index (χ1n) is 5.10. The van der Waals surface area contributed by atoms with Crippen molar-refractivity contribution in [3.05, 3.63) is 0 Å². The van der Waals surface area contributed by atoms with E-state index in [-0.39, 0.29) is 0 Å². The molecular formula is C11H22O. The second kappa shape index (κ2) is 6.22. The zero-order valence-electron chi connectivity index (χ0n) is 8.89. The number of carbonyl (C=O) groups is 1. The van der Waals surface area contributed by atoms with Gasteiger partial charge in [-0.1, -0.05) is 40.0 Å². The molecule has 0 saturated heterocycles. The minimum Gasteiger partial charge on any atom is -0.300 e. The molecule has 0 aromatic rings. The predicted octanol–water partition coefficient (Wildman–Crippen LogP) is 3.43. The van der Waals surface area contributed by atoms with Crippen LogP contribution in [0.1, 0.15) is 53.4 Å². The van der Waals surface area contributed by atoms with Crippen molar-refractivity contribution in [1.82, 2.24) is 0 Å². The smallest absolute Gasteiger partial charge is 0.133 e. The van der Waals surface area contributed by atoms with Gasteiger partial charge in [0.1, 0.15) is 5.78 Å². The van der Waals surface area contributed by atoms with E-state index in [1.165, 1.54) is 19.3 Å². The molecule has 0 aromatic heterocycles. The molecule has 0 aliphatic rings. The predicted molar refractivity (Wildman–Crippen MR) is 53.2 cm³/mol. The summed E-state index contributed by atoms with van der Waals surface area (Å²) in [5.41, 5.74) is 0. The van der Waals surface area contributed by atoms with Gasteiger partial charge in [0.05, 0.1) is 0 Å². The van der Waals surface area contributed by atoms with Gasteiger partial charge in [0.2, 0.25) is 0 Å². The van der Waals surface area contributed by atoms with E-state index in [4.69, 9.17) is 0 Å². The van der Waals surface area contributed by atoms with E-state index >= 15 is 0 Å². The van der Waals surface area contributed by atoms with Crippen LogP contribution in [0.4, 0.5) is 0 Å². The summed E-state index contributed by atoms with van der Waals surface area (Å²) in [5.74, 6) is 1.18. The Balaban J connectivity index is 3.72. The van der Waals surface area contributed by atoms with Gasteiger partial charge in [0.25, 0.3) is 0 Å². The van der Waals surface area contributed by atoms with Crippen molar-refractivity contribution in [3.8, 4) is 0 Å². The Morgan fingerprint density at radius 2 is 1.83 bits per heavy atom. The molecule has 1 heteroatoms. The highest BCUT2D eigenvalue weighted by Crippen LogP contribution is 2.19. The maximum Gasteiger partial charge on any atom is 0.133 e. The standard InChI is InChI=1S/C11H22O/c1-5-6-7-8-11(9(2)3)10(4)12/h9,11H,5-8H2,1-4H3/t11-/m1/s1. The van der Waals surface area contributed by atoms with Gasteiger partial charge in [-0.3, -0.25) is 4.79 Å². The zero-order chi connectivity index (χ0) is 9.56. The lowest BCUT2D eigenvalue weighted by molar-refractivity contribution is -0.122. The molecule has 0 aromatic carbocycles. The number of Topliss-reactive ketones (excluding diaryl/α,β-unsaturated/α-hetero) is 1. The number of ketones is 1. The Hall–Kier alpha value is -0.330. The molecule has 0 heterocycles. The minimum atomic E-state index is 0.302. The molecule has 1 atom stereocenters. The maximum atomic E-state index is 11.2. The Morgan fingerprint density at radius 1 is 1.25 bits per heavy atom. The van der Waals surface area contributed by atoms with Gasteiger partial charge >= 0.3 is 0 Å². The topological polar surface area (TPSA) is 17.1 Å². The van der Waals surface area contributed by atoms with Crippen molar-refractivity contribution >= 4 is 5.78 Å². The van der Waals surface area contributed by atoms with Crippen LogP contribution in [0, 0.1) is 11.8 Å². The Bertz CT molecular complexity index is 127. The number of carbonyl (C=O) groups excluding carboxylic acids is 1. The van der Waals surface area contributed by atoms with Gasteiger partial charge in [-0.25, -0.2) is 0 Å². The monoisotopic (exact) mass is 170 g/mol. The summed E-state index contributed by atoms with van der Waals surface area (Å²) in [7, 11) is 0. The van der Waals surface area contributed by atoms with Gasteiger partial charge in [0.15, 0.2) is 0 Å². The van der Waals surface area contributed by atoms with Gasteiger partial charge < -0.3 is 0 Å². The Labute approximate surface area is 76.6 Å². The lowest BCUT2D eigenvalue weighted by Gasteiger charge is -2.16. The molecule has 0 radical (unpaired) electrons. The van der Waals surface area contributed by atoms with Crippen molar-refractivity contribution in [1.29, 1.82) is 0 Å². The average molecular weight is 170 g/mol. The van der Waals surface area contributed by atoms with E-state index in [0.29, 0.717) is 17.6 Å². The van der Waals surface area contributed by atoms with Crippen LogP contribution in [0.2, 0.25) is 0 Å². The molecule has 0 bridgehead atoms. The molecule has 0 amide bonds. The zero-order valence-corrected chi connectivity index (χ0v) is 8.89. The number of unbranched alkanes of at least 4 members (excludes halogenated alkanes) is 2. The van der Waals surface area contributed by atoms with Crippen molar-refractivity contribution in [2.45, 2.75) is 53.4 Å². The highest BCUT2D eigenvalue weighted by atomic mass is 16.1. The van der Waals surface area contributed by atoms with Crippen molar-refractivity contribution in [3.63, 3.8) is 0 Å². The highest BCUT2D eigenvalue weighted by molar-refractivity contribution is 5.78. The van der Waals surface area contributed by atoms with Crippen LogP contribution in [0.25, 0.3) is 0 Å². The second-order valence-electron chi connectivity index (χ2n) is 3.96. The first kappa shape index (κ1) is 11.7. The number of hydrogen-bond acceptors (Lipinski definition) is 1. The molecule has 1 nitrogen and oxygen atoms in total. The third-order valence-electron chi connectivity index (χ3n) is 2.45.